The average Bonchev–Trinajstić information content (AvgIpc) is 2.92. The number of rotatable bonds is 2. The molecule has 1 atom stereocenters. The molecule has 0 aliphatic carbocycles. The van der Waals surface area contributed by atoms with E-state index >= 15 is 0 Å². The van der Waals surface area contributed by atoms with Crippen LogP contribution in [0.5, 0.6) is 0 Å². The molecule has 1 unspecified atom stereocenters. The van der Waals surface area contributed by atoms with Gasteiger partial charge in [-0.25, -0.2) is 0 Å². The van der Waals surface area contributed by atoms with Gasteiger partial charge in [-0.2, -0.15) is 0 Å². The molecule has 1 aromatic rings. The summed E-state index contributed by atoms with van der Waals surface area (Å²) in [5.74, 6) is -0.666. The van der Waals surface area contributed by atoms with Crippen LogP contribution >= 0.6 is 0 Å². The number of esters is 1. The van der Waals surface area contributed by atoms with Gasteiger partial charge in [-0.15, -0.1) is 0 Å². The van der Waals surface area contributed by atoms with Gasteiger partial charge < -0.3 is 15.0 Å². The minimum absolute atomic E-state index is 0.0525. The lowest BCUT2D eigenvalue weighted by Crippen LogP contribution is -2.42. The molecule has 0 bridgehead atoms. The maximum atomic E-state index is 12.6. The van der Waals surface area contributed by atoms with Crippen molar-refractivity contribution in [3.63, 3.8) is 0 Å². The summed E-state index contributed by atoms with van der Waals surface area (Å²) in [6, 6.07) is 5.24. The van der Waals surface area contributed by atoms with Gasteiger partial charge in [0.05, 0.1) is 19.4 Å². The van der Waals surface area contributed by atoms with Crippen LogP contribution in [-0.4, -0.2) is 42.9 Å². The van der Waals surface area contributed by atoms with Crippen LogP contribution in [-0.2, 0) is 20.7 Å². The molecule has 116 valence electrons. The van der Waals surface area contributed by atoms with Crippen LogP contribution in [0.2, 0.25) is 0 Å². The summed E-state index contributed by atoms with van der Waals surface area (Å²) in [5.41, 5.74) is 2.17. The maximum absolute atomic E-state index is 12.6. The largest absolute Gasteiger partial charge is 0.469 e. The Bertz CT molecular complexity index is 641. The van der Waals surface area contributed by atoms with Crippen molar-refractivity contribution in [2.24, 2.45) is 5.92 Å². The number of hydrogen-bond donors (Lipinski definition) is 1. The molecule has 1 aromatic carbocycles. The number of benzene rings is 1. The first-order valence-electron chi connectivity index (χ1n) is 7.38. The highest BCUT2D eigenvalue weighted by Crippen LogP contribution is 2.26. The van der Waals surface area contributed by atoms with Crippen molar-refractivity contribution in [2.75, 3.05) is 25.5 Å². The second-order valence-corrected chi connectivity index (χ2v) is 5.71. The van der Waals surface area contributed by atoms with Gasteiger partial charge in [-0.05, 0) is 36.6 Å². The third-order valence-corrected chi connectivity index (χ3v) is 4.22. The second-order valence-electron chi connectivity index (χ2n) is 5.71. The van der Waals surface area contributed by atoms with E-state index in [0.29, 0.717) is 25.1 Å². The lowest BCUT2D eigenvalue weighted by Gasteiger charge is -2.31. The number of likely N-dealkylation sites (tertiary alicyclic amines) is 1. The first kappa shape index (κ1) is 14.6. The molecule has 1 saturated heterocycles. The standard InChI is InChI=1S/C16H18N2O4/c1-22-16(21)11-3-2-6-18(9-11)15(20)10-4-5-13-12(7-10)8-14(19)17-13/h4-5,7,11H,2-3,6,8-9H2,1H3,(H,17,19). The molecular weight excluding hydrogens is 284 g/mol. The highest BCUT2D eigenvalue weighted by Gasteiger charge is 2.30. The van der Waals surface area contributed by atoms with Gasteiger partial charge >= 0.3 is 5.97 Å². The topological polar surface area (TPSA) is 75.7 Å². The van der Waals surface area contributed by atoms with E-state index in [-0.39, 0.29) is 23.7 Å². The van der Waals surface area contributed by atoms with Crippen molar-refractivity contribution in [3.8, 4) is 0 Å². The molecule has 6 heteroatoms. The number of nitrogens with zero attached hydrogens (tertiary/aromatic N) is 1. The number of ether oxygens (including phenoxy) is 1. The number of anilines is 1. The van der Waals surface area contributed by atoms with Crippen molar-refractivity contribution in [3.05, 3.63) is 29.3 Å². The van der Waals surface area contributed by atoms with Gasteiger partial charge in [0.2, 0.25) is 5.91 Å². The van der Waals surface area contributed by atoms with E-state index in [2.05, 4.69) is 5.32 Å². The van der Waals surface area contributed by atoms with Crippen LogP contribution in [0.1, 0.15) is 28.8 Å². The number of carbonyl (C=O) groups is 3. The predicted octanol–water partition coefficient (Wildman–Crippen LogP) is 1.21. The van der Waals surface area contributed by atoms with Crippen LogP contribution in [0, 0.1) is 5.92 Å². The fourth-order valence-electron chi connectivity index (χ4n) is 3.07. The molecule has 2 amide bonds. The van der Waals surface area contributed by atoms with Gasteiger partial charge in [0.15, 0.2) is 0 Å². The summed E-state index contributed by atoms with van der Waals surface area (Å²) in [6.45, 7) is 1.03. The van der Waals surface area contributed by atoms with Crippen LogP contribution in [0.15, 0.2) is 18.2 Å². The maximum Gasteiger partial charge on any atom is 0.310 e. The van der Waals surface area contributed by atoms with Crippen molar-refractivity contribution in [1.29, 1.82) is 0 Å². The second kappa shape index (κ2) is 5.79. The fourth-order valence-corrected chi connectivity index (χ4v) is 3.07. The molecule has 22 heavy (non-hydrogen) atoms. The molecule has 0 aromatic heterocycles. The summed E-state index contributed by atoms with van der Waals surface area (Å²) in [4.78, 5) is 37.3. The lowest BCUT2D eigenvalue weighted by atomic mass is 9.97. The number of hydrogen-bond acceptors (Lipinski definition) is 4. The molecule has 0 saturated carbocycles. The third kappa shape index (κ3) is 2.68. The Morgan fingerprint density at radius 3 is 2.95 bits per heavy atom. The first-order chi connectivity index (χ1) is 10.6. The number of carbonyl (C=O) groups excluding carboxylic acids is 3. The zero-order valence-electron chi connectivity index (χ0n) is 12.4. The van der Waals surface area contributed by atoms with Crippen LogP contribution in [0.3, 0.4) is 0 Å². The molecule has 0 radical (unpaired) electrons. The fraction of sp³-hybridized carbons (Fsp3) is 0.438. The first-order valence-corrected chi connectivity index (χ1v) is 7.38. The zero-order valence-corrected chi connectivity index (χ0v) is 12.4. The smallest absolute Gasteiger partial charge is 0.310 e. The van der Waals surface area contributed by atoms with Crippen LogP contribution in [0.4, 0.5) is 5.69 Å². The Morgan fingerprint density at radius 1 is 1.36 bits per heavy atom. The summed E-state index contributed by atoms with van der Waals surface area (Å²) in [5, 5.41) is 2.75. The zero-order chi connectivity index (χ0) is 15.7. The molecule has 1 fully saturated rings. The highest BCUT2D eigenvalue weighted by atomic mass is 16.5. The van der Waals surface area contributed by atoms with Gasteiger partial charge in [-0.1, -0.05) is 0 Å². The minimum Gasteiger partial charge on any atom is -0.469 e. The number of methoxy groups -OCH3 is 1. The third-order valence-electron chi connectivity index (χ3n) is 4.22. The SMILES string of the molecule is COC(=O)C1CCCN(C(=O)c2ccc3c(c2)CC(=O)N3)C1. The number of amides is 2. The Morgan fingerprint density at radius 2 is 2.18 bits per heavy atom. The molecule has 6 nitrogen and oxygen atoms in total. The molecule has 3 rings (SSSR count). The molecule has 2 aliphatic rings. The van der Waals surface area contributed by atoms with Crippen molar-refractivity contribution < 1.29 is 19.1 Å². The Labute approximate surface area is 128 Å². The summed E-state index contributed by atoms with van der Waals surface area (Å²) >= 11 is 0. The van der Waals surface area contributed by atoms with E-state index in [1.165, 1.54) is 7.11 Å². The molecule has 0 spiro atoms. The van der Waals surface area contributed by atoms with Crippen molar-refractivity contribution >= 4 is 23.5 Å². The van der Waals surface area contributed by atoms with E-state index in [1.807, 2.05) is 0 Å². The Hall–Kier alpha value is -2.37. The van der Waals surface area contributed by atoms with Crippen molar-refractivity contribution in [2.45, 2.75) is 19.3 Å². The van der Waals surface area contributed by atoms with Gasteiger partial charge in [0.1, 0.15) is 0 Å². The molecule has 2 aliphatic heterocycles. The summed E-state index contributed by atoms with van der Waals surface area (Å²) in [7, 11) is 1.37. The average molecular weight is 302 g/mol. The minimum atomic E-state index is -0.263. The monoisotopic (exact) mass is 302 g/mol. The van der Waals surface area contributed by atoms with Gasteiger partial charge in [0.25, 0.3) is 5.91 Å². The van der Waals surface area contributed by atoms with E-state index < -0.39 is 0 Å². The van der Waals surface area contributed by atoms with E-state index in [1.54, 1.807) is 23.1 Å². The summed E-state index contributed by atoms with van der Waals surface area (Å²) in [6.07, 6.45) is 1.84. The lowest BCUT2D eigenvalue weighted by molar-refractivity contribution is -0.146. The van der Waals surface area contributed by atoms with Gasteiger partial charge in [-0.3, -0.25) is 14.4 Å². The molecular formula is C16H18N2O4. The van der Waals surface area contributed by atoms with E-state index in [9.17, 15) is 14.4 Å². The van der Waals surface area contributed by atoms with E-state index in [4.69, 9.17) is 4.74 Å². The van der Waals surface area contributed by atoms with Crippen molar-refractivity contribution in [1.82, 2.24) is 4.90 Å². The quantitative estimate of drug-likeness (QED) is 0.833. The van der Waals surface area contributed by atoms with Crippen LogP contribution < -0.4 is 5.32 Å². The number of fused-ring (bicyclic) bond motifs is 1. The normalized spacial score (nSPS) is 20.3. The van der Waals surface area contributed by atoms with Crippen LogP contribution in [0.25, 0.3) is 0 Å². The highest BCUT2D eigenvalue weighted by molar-refractivity contribution is 6.01. The Balaban J connectivity index is 1.75. The molecule has 2 heterocycles. The van der Waals surface area contributed by atoms with Gasteiger partial charge in [0, 0.05) is 24.3 Å². The predicted molar refractivity (Wildman–Crippen MR) is 79.4 cm³/mol. The Kier molecular flexibility index (Phi) is 3.83. The number of piperidine rings is 1. The molecule has 1 N–H and O–H groups in total. The summed E-state index contributed by atoms with van der Waals surface area (Å²) < 4.78 is 4.77. The number of nitrogens with one attached hydrogen (secondary N) is 1. The van der Waals surface area contributed by atoms with E-state index in [0.717, 1.165) is 24.1 Å².